The molecule has 6 nitrogen and oxygen atoms in total. The second-order valence-corrected chi connectivity index (χ2v) is 7.56. The molecule has 2 heterocycles. The average Bonchev–Trinajstić information content (AvgIpc) is 2.85. The van der Waals surface area contributed by atoms with Gasteiger partial charge in [-0.25, -0.2) is 8.42 Å². The van der Waals surface area contributed by atoms with E-state index in [-0.39, 0.29) is 29.4 Å². The molecule has 0 aliphatic carbocycles. The Morgan fingerprint density at radius 2 is 2.42 bits per heavy atom. The van der Waals surface area contributed by atoms with Crippen molar-refractivity contribution in [1.82, 2.24) is 15.1 Å². The van der Waals surface area contributed by atoms with Crippen LogP contribution in [0, 0.1) is 5.92 Å². The fourth-order valence-electron chi connectivity index (χ4n) is 2.05. The van der Waals surface area contributed by atoms with E-state index in [1.165, 1.54) is 6.20 Å². The van der Waals surface area contributed by atoms with Gasteiger partial charge in [-0.3, -0.25) is 9.48 Å². The van der Waals surface area contributed by atoms with Crippen LogP contribution in [0.2, 0.25) is 5.02 Å². The Labute approximate surface area is 117 Å². The summed E-state index contributed by atoms with van der Waals surface area (Å²) in [5.41, 5.74) is 0. The van der Waals surface area contributed by atoms with Gasteiger partial charge >= 0.3 is 0 Å². The first kappa shape index (κ1) is 14.3. The molecule has 2 atom stereocenters. The number of halogens is 1. The lowest BCUT2D eigenvalue weighted by Gasteiger charge is -2.15. The first-order chi connectivity index (χ1) is 8.85. The normalized spacial score (nSPS) is 23.2. The second-order valence-electron chi connectivity index (χ2n) is 4.89. The smallest absolute Gasteiger partial charge is 0.224 e. The summed E-state index contributed by atoms with van der Waals surface area (Å²) in [7, 11) is -2.97. The molecule has 1 aliphatic heterocycles. The largest absolute Gasteiger partial charge is 0.352 e. The van der Waals surface area contributed by atoms with E-state index < -0.39 is 9.84 Å². The predicted molar refractivity (Wildman–Crippen MR) is 71.6 cm³/mol. The molecular formula is C11H16ClN3O3S. The summed E-state index contributed by atoms with van der Waals surface area (Å²) in [6, 6.07) is -0.263. The maximum absolute atomic E-state index is 11.9. The first-order valence-corrected chi connectivity index (χ1v) is 8.24. The van der Waals surface area contributed by atoms with Crippen LogP contribution in [0.25, 0.3) is 0 Å². The Hall–Kier alpha value is -1.08. The van der Waals surface area contributed by atoms with Gasteiger partial charge in [0.1, 0.15) is 0 Å². The van der Waals surface area contributed by atoms with Crippen LogP contribution in [-0.2, 0) is 21.2 Å². The zero-order chi connectivity index (χ0) is 14.0. The summed E-state index contributed by atoms with van der Waals surface area (Å²) in [5, 5.41) is 7.29. The molecule has 106 valence electrons. The van der Waals surface area contributed by atoms with Gasteiger partial charge in [-0.15, -0.1) is 0 Å². The van der Waals surface area contributed by atoms with E-state index >= 15 is 0 Å². The number of carbonyl (C=O) groups is 1. The standard InChI is InChI=1S/C11H16ClN3O3S/c1-8(5-15-6-9(12)4-13-15)11(16)14-10-2-3-19(17,18)7-10/h4,6,8,10H,2-3,5,7H2,1H3,(H,14,16)/t8-,10+/m0/s1. The van der Waals surface area contributed by atoms with E-state index in [9.17, 15) is 13.2 Å². The molecule has 2 rings (SSSR count). The second kappa shape index (κ2) is 5.50. The SMILES string of the molecule is C[C@@H](Cn1cc(Cl)cn1)C(=O)N[C@@H]1CCS(=O)(=O)C1. The molecule has 1 N–H and O–H groups in total. The van der Waals surface area contributed by atoms with Crippen LogP contribution in [-0.4, -0.2) is 41.7 Å². The third-order valence-corrected chi connectivity index (χ3v) is 5.05. The molecule has 1 aliphatic rings. The molecule has 19 heavy (non-hydrogen) atoms. The number of aromatic nitrogens is 2. The number of amides is 1. The summed E-state index contributed by atoms with van der Waals surface area (Å²) >= 11 is 5.74. The molecule has 0 unspecified atom stereocenters. The molecular weight excluding hydrogens is 290 g/mol. The summed E-state index contributed by atoms with van der Waals surface area (Å²) < 4.78 is 24.2. The van der Waals surface area contributed by atoms with Gasteiger partial charge in [0.25, 0.3) is 0 Å². The lowest BCUT2D eigenvalue weighted by molar-refractivity contribution is -0.125. The third-order valence-electron chi connectivity index (χ3n) is 3.09. The van der Waals surface area contributed by atoms with Crippen LogP contribution < -0.4 is 5.32 Å². The highest BCUT2D eigenvalue weighted by Gasteiger charge is 2.29. The lowest BCUT2D eigenvalue weighted by Crippen LogP contribution is -2.40. The molecule has 0 spiro atoms. The van der Waals surface area contributed by atoms with Gasteiger partial charge in [0.2, 0.25) is 5.91 Å². The predicted octanol–water partition coefficient (Wildman–Crippen LogP) is 0.476. The number of carbonyl (C=O) groups excluding carboxylic acids is 1. The van der Waals surface area contributed by atoms with E-state index in [1.807, 2.05) is 0 Å². The van der Waals surface area contributed by atoms with Crippen LogP contribution in [0.3, 0.4) is 0 Å². The van der Waals surface area contributed by atoms with Crippen LogP contribution in [0.15, 0.2) is 12.4 Å². The Kier molecular flexibility index (Phi) is 4.15. The first-order valence-electron chi connectivity index (χ1n) is 6.04. The molecule has 1 amide bonds. The fourth-order valence-corrected chi connectivity index (χ4v) is 3.88. The minimum atomic E-state index is -2.97. The molecule has 1 aromatic rings. The van der Waals surface area contributed by atoms with Crippen molar-refractivity contribution in [2.45, 2.75) is 25.9 Å². The van der Waals surface area contributed by atoms with Gasteiger partial charge in [-0.2, -0.15) is 5.10 Å². The minimum Gasteiger partial charge on any atom is -0.352 e. The Bertz CT molecular complexity index is 569. The molecule has 1 saturated heterocycles. The minimum absolute atomic E-state index is 0.0407. The Morgan fingerprint density at radius 1 is 1.68 bits per heavy atom. The fraction of sp³-hybridized carbons (Fsp3) is 0.636. The van der Waals surface area contributed by atoms with Gasteiger partial charge in [-0.1, -0.05) is 18.5 Å². The van der Waals surface area contributed by atoms with Crippen molar-refractivity contribution in [3.63, 3.8) is 0 Å². The van der Waals surface area contributed by atoms with Crippen molar-refractivity contribution in [3.05, 3.63) is 17.4 Å². The van der Waals surface area contributed by atoms with Crippen molar-refractivity contribution in [2.75, 3.05) is 11.5 Å². The molecule has 1 aromatic heterocycles. The van der Waals surface area contributed by atoms with Crippen molar-refractivity contribution >= 4 is 27.3 Å². The van der Waals surface area contributed by atoms with E-state index in [1.54, 1.807) is 17.8 Å². The number of hydrogen-bond donors (Lipinski definition) is 1. The molecule has 0 saturated carbocycles. The van der Waals surface area contributed by atoms with Crippen LogP contribution in [0.4, 0.5) is 0 Å². The van der Waals surface area contributed by atoms with Crippen molar-refractivity contribution in [1.29, 1.82) is 0 Å². The highest BCUT2D eigenvalue weighted by molar-refractivity contribution is 7.91. The Balaban J connectivity index is 1.86. The zero-order valence-electron chi connectivity index (χ0n) is 10.5. The maximum Gasteiger partial charge on any atom is 0.224 e. The molecule has 8 heteroatoms. The van der Waals surface area contributed by atoms with Gasteiger partial charge in [0.15, 0.2) is 9.84 Å². The number of nitrogens with zero attached hydrogens (tertiary/aromatic N) is 2. The van der Waals surface area contributed by atoms with Crippen molar-refractivity contribution < 1.29 is 13.2 Å². The molecule has 0 radical (unpaired) electrons. The summed E-state index contributed by atoms with van der Waals surface area (Å²) in [6.07, 6.45) is 3.65. The van der Waals surface area contributed by atoms with Crippen LogP contribution >= 0.6 is 11.6 Å². The average molecular weight is 306 g/mol. The summed E-state index contributed by atoms with van der Waals surface area (Å²) in [4.78, 5) is 11.9. The summed E-state index contributed by atoms with van der Waals surface area (Å²) in [5.74, 6) is -0.256. The highest BCUT2D eigenvalue weighted by atomic mass is 35.5. The van der Waals surface area contributed by atoms with Gasteiger partial charge in [0, 0.05) is 12.2 Å². The molecule has 1 fully saturated rings. The highest BCUT2D eigenvalue weighted by Crippen LogP contribution is 2.13. The Morgan fingerprint density at radius 3 is 2.95 bits per heavy atom. The van der Waals surface area contributed by atoms with Crippen LogP contribution in [0.1, 0.15) is 13.3 Å². The van der Waals surface area contributed by atoms with E-state index in [0.29, 0.717) is 18.0 Å². The van der Waals surface area contributed by atoms with Gasteiger partial charge in [-0.05, 0) is 6.42 Å². The molecule has 0 bridgehead atoms. The number of nitrogens with one attached hydrogen (secondary N) is 1. The number of hydrogen-bond acceptors (Lipinski definition) is 4. The maximum atomic E-state index is 11.9. The van der Waals surface area contributed by atoms with Crippen molar-refractivity contribution in [3.8, 4) is 0 Å². The number of rotatable bonds is 4. The third kappa shape index (κ3) is 3.94. The van der Waals surface area contributed by atoms with E-state index in [2.05, 4.69) is 10.4 Å². The quantitative estimate of drug-likeness (QED) is 0.877. The van der Waals surface area contributed by atoms with E-state index in [0.717, 1.165) is 0 Å². The zero-order valence-corrected chi connectivity index (χ0v) is 12.1. The van der Waals surface area contributed by atoms with Gasteiger partial charge < -0.3 is 5.32 Å². The van der Waals surface area contributed by atoms with Crippen molar-refractivity contribution in [2.24, 2.45) is 5.92 Å². The van der Waals surface area contributed by atoms with E-state index in [4.69, 9.17) is 11.6 Å². The lowest BCUT2D eigenvalue weighted by atomic mass is 10.1. The molecule has 0 aromatic carbocycles. The number of sulfone groups is 1. The van der Waals surface area contributed by atoms with Gasteiger partial charge in [0.05, 0.1) is 35.2 Å². The van der Waals surface area contributed by atoms with Crippen LogP contribution in [0.5, 0.6) is 0 Å². The monoisotopic (exact) mass is 305 g/mol. The summed E-state index contributed by atoms with van der Waals surface area (Å²) in [6.45, 7) is 2.19. The topological polar surface area (TPSA) is 81.1 Å².